The third kappa shape index (κ3) is 2.94. The predicted molar refractivity (Wildman–Crippen MR) is 54.4 cm³/mol. The highest BCUT2D eigenvalue weighted by Crippen LogP contribution is 2.35. The van der Waals surface area contributed by atoms with Gasteiger partial charge < -0.3 is 9.84 Å². The van der Waals surface area contributed by atoms with Crippen LogP contribution in [0.2, 0.25) is 0 Å². The maximum absolute atomic E-state index is 11.8. The second-order valence-corrected chi connectivity index (χ2v) is 4.16. The Morgan fingerprint density at radius 3 is 2.20 bits per heavy atom. The average molecular weight is 214 g/mol. The lowest BCUT2D eigenvalue weighted by Gasteiger charge is -2.27. The Kier molecular flexibility index (Phi) is 3.72. The first-order chi connectivity index (χ1) is 7.04. The molecule has 1 aliphatic rings. The normalized spacial score (nSPS) is 16.1. The number of ether oxygens (including phenoxy) is 1. The molecule has 0 spiro atoms. The van der Waals surface area contributed by atoms with Crippen LogP contribution in [0.3, 0.4) is 0 Å². The van der Waals surface area contributed by atoms with Crippen molar-refractivity contribution in [3.05, 3.63) is 0 Å². The van der Waals surface area contributed by atoms with Crippen molar-refractivity contribution in [2.45, 2.75) is 52.1 Å². The molecule has 0 saturated heterocycles. The summed E-state index contributed by atoms with van der Waals surface area (Å²) in [6.45, 7) is 3.67. The van der Waals surface area contributed by atoms with E-state index in [0.29, 0.717) is 12.8 Å². The highest BCUT2D eigenvalue weighted by molar-refractivity contribution is 5.83. The highest BCUT2D eigenvalue weighted by Gasteiger charge is 2.41. The van der Waals surface area contributed by atoms with Gasteiger partial charge in [0.15, 0.2) is 0 Å². The minimum Gasteiger partial charge on any atom is -0.481 e. The van der Waals surface area contributed by atoms with Crippen molar-refractivity contribution in [2.24, 2.45) is 5.41 Å². The predicted octanol–water partition coefficient (Wildman–Crippen LogP) is 1.97. The molecule has 1 rings (SSSR count). The number of hydrogen-bond acceptors (Lipinski definition) is 3. The second kappa shape index (κ2) is 4.64. The summed E-state index contributed by atoms with van der Waals surface area (Å²) in [5.74, 6) is -1.27. The number of rotatable bonds is 6. The molecule has 1 N–H and O–H groups in total. The van der Waals surface area contributed by atoms with Crippen LogP contribution in [0.25, 0.3) is 0 Å². The zero-order chi connectivity index (χ0) is 11.5. The zero-order valence-electron chi connectivity index (χ0n) is 9.28. The van der Waals surface area contributed by atoms with Gasteiger partial charge in [0.2, 0.25) is 0 Å². The number of carboxylic acid groups (broad SMARTS) is 1. The molecule has 0 aliphatic heterocycles. The van der Waals surface area contributed by atoms with Gasteiger partial charge in [0.1, 0.15) is 6.10 Å². The lowest BCUT2D eigenvalue weighted by atomic mass is 9.79. The largest absolute Gasteiger partial charge is 0.481 e. The Balaban J connectivity index is 2.67. The summed E-state index contributed by atoms with van der Waals surface area (Å²) in [6, 6.07) is 0. The number of carbonyl (C=O) groups is 2. The van der Waals surface area contributed by atoms with Gasteiger partial charge in [0, 0.05) is 0 Å². The van der Waals surface area contributed by atoms with E-state index in [1.54, 1.807) is 0 Å². The van der Waals surface area contributed by atoms with E-state index in [4.69, 9.17) is 9.84 Å². The van der Waals surface area contributed by atoms with Gasteiger partial charge >= 0.3 is 11.9 Å². The first kappa shape index (κ1) is 12.0. The molecule has 0 aromatic carbocycles. The quantitative estimate of drug-likeness (QED) is 0.686. The highest BCUT2D eigenvalue weighted by atomic mass is 16.5. The topological polar surface area (TPSA) is 63.6 Å². The third-order valence-electron chi connectivity index (χ3n) is 3.07. The van der Waals surface area contributed by atoms with E-state index in [1.165, 1.54) is 0 Å². The fourth-order valence-electron chi connectivity index (χ4n) is 1.61. The molecule has 0 atom stereocenters. The maximum Gasteiger partial charge on any atom is 0.312 e. The molecule has 1 aliphatic carbocycles. The van der Waals surface area contributed by atoms with Gasteiger partial charge in [-0.1, -0.05) is 13.8 Å². The van der Waals surface area contributed by atoms with E-state index in [-0.39, 0.29) is 18.5 Å². The lowest BCUT2D eigenvalue weighted by molar-refractivity contribution is -0.162. The van der Waals surface area contributed by atoms with Crippen molar-refractivity contribution in [2.75, 3.05) is 0 Å². The Morgan fingerprint density at radius 2 is 1.87 bits per heavy atom. The Bertz CT molecular complexity index is 251. The Hall–Kier alpha value is -1.06. The first-order valence-electron chi connectivity index (χ1n) is 5.47. The third-order valence-corrected chi connectivity index (χ3v) is 3.07. The monoisotopic (exact) mass is 214 g/mol. The van der Waals surface area contributed by atoms with Crippen LogP contribution < -0.4 is 0 Å². The number of carbonyl (C=O) groups excluding carboxylic acids is 1. The molecule has 0 radical (unpaired) electrons. The number of carboxylic acids is 1. The Labute approximate surface area is 89.6 Å². The molecule has 4 heteroatoms. The summed E-state index contributed by atoms with van der Waals surface area (Å²) in [5, 5.41) is 8.80. The lowest BCUT2D eigenvalue weighted by Crippen LogP contribution is -2.34. The molecule has 86 valence electrons. The van der Waals surface area contributed by atoms with E-state index < -0.39 is 11.4 Å². The summed E-state index contributed by atoms with van der Waals surface area (Å²) in [7, 11) is 0. The molecule has 1 saturated carbocycles. The molecule has 15 heavy (non-hydrogen) atoms. The fraction of sp³-hybridized carbons (Fsp3) is 0.818. The smallest absolute Gasteiger partial charge is 0.312 e. The van der Waals surface area contributed by atoms with Crippen LogP contribution >= 0.6 is 0 Å². The molecule has 1 fully saturated rings. The summed E-state index contributed by atoms with van der Waals surface area (Å²) >= 11 is 0. The molecular weight excluding hydrogens is 196 g/mol. The molecular formula is C11H18O4. The Morgan fingerprint density at radius 1 is 1.33 bits per heavy atom. The van der Waals surface area contributed by atoms with Crippen LogP contribution in [0.5, 0.6) is 0 Å². The van der Waals surface area contributed by atoms with Crippen LogP contribution in [0, 0.1) is 5.41 Å². The van der Waals surface area contributed by atoms with Crippen molar-refractivity contribution < 1.29 is 19.4 Å². The number of aliphatic carboxylic acids is 1. The SMILES string of the molecule is CCC(CC)(CC(=O)O)C(=O)OC1CC1. The van der Waals surface area contributed by atoms with E-state index in [1.807, 2.05) is 13.8 Å². The van der Waals surface area contributed by atoms with Crippen molar-refractivity contribution in [3.8, 4) is 0 Å². The average Bonchev–Trinajstić information content (AvgIpc) is 2.97. The number of hydrogen-bond donors (Lipinski definition) is 1. The summed E-state index contributed by atoms with van der Waals surface area (Å²) in [4.78, 5) is 22.6. The number of esters is 1. The molecule has 4 nitrogen and oxygen atoms in total. The van der Waals surface area contributed by atoms with Crippen molar-refractivity contribution >= 4 is 11.9 Å². The molecule has 0 bridgehead atoms. The van der Waals surface area contributed by atoms with Crippen LogP contribution in [-0.4, -0.2) is 23.1 Å². The zero-order valence-corrected chi connectivity index (χ0v) is 9.28. The van der Waals surface area contributed by atoms with Gasteiger partial charge in [-0.3, -0.25) is 9.59 Å². The van der Waals surface area contributed by atoms with Gasteiger partial charge in [-0.15, -0.1) is 0 Å². The summed E-state index contributed by atoms with van der Waals surface area (Å²) in [5.41, 5.74) is -0.825. The molecule has 0 amide bonds. The van der Waals surface area contributed by atoms with Crippen LogP contribution in [0.1, 0.15) is 46.0 Å². The minimum atomic E-state index is -0.938. The van der Waals surface area contributed by atoms with E-state index in [2.05, 4.69) is 0 Å². The van der Waals surface area contributed by atoms with Crippen LogP contribution in [0.15, 0.2) is 0 Å². The van der Waals surface area contributed by atoms with Gasteiger partial charge in [0.05, 0.1) is 11.8 Å². The molecule has 0 aromatic heterocycles. The van der Waals surface area contributed by atoms with Crippen molar-refractivity contribution in [1.82, 2.24) is 0 Å². The second-order valence-electron chi connectivity index (χ2n) is 4.16. The van der Waals surface area contributed by atoms with Gasteiger partial charge in [-0.2, -0.15) is 0 Å². The minimum absolute atomic E-state index is 0.0452. The van der Waals surface area contributed by atoms with Gasteiger partial charge in [-0.25, -0.2) is 0 Å². The summed E-state index contributed by atoms with van der Waals surface area (Å²) < 4.78 is 5.21. The molecule has 0 heterocycles. The van der Waals surface area contributed by atoms with E-state index in [9.17, 15) is 9.59 Å². The van der Waals surface area contributed by atoms with Crippen LogP contribution in [-0.2, 0) is 14.3 Å². The van der Waals surface area contributed by atoms with Gasteiger partial charge in [0.25, 0.3) is 0 Å². The van der Waals surface area contributed by atoms with E-state index in [0.717, 1.165) is 12.8 Å². The maximum atomic E-state index is 11.8. The van der Waals surface area contributed by atoms with Gasteiger partial charge in [-0.05, 0) is 25.7 Å². The molecule has 0 unspecified atom stereocenters. The van der Waals surface area contributed by atoms with Crippen molar-refractivity contribution in [1.29, 1.82) is 0 Å². The van der Waals surface area contributed by atoms with Crippen LogP contribution in [0.4, 0.5) is 0 Å². The summed E-state index contributed by atoms with van der Waals surface area (Å²) in [6.07, 6.45) is 2.78. The molecule has 0 aromatic rings. The standard InChI is InChI=1S/C11H18O4/c1-3-11(4-2,7-9(12)13)10(14)15-8-5-6-8/h8H,3-7H2,1-2H3,(H,12,13). The van der Waals surface area contributed by atoms with E-state index >= 15 is 0 Å². The van der Waals surface area contributed by atoms with Crippen molar-refractivity contribution in [3.63, 3.8) is 0 Å². The fourth-order valence-corrected chi connectivity index (χ4v) is 1.61. The first-order valence-corrected chi connectivity index (χ1v) is 5.47.